The van der Waals surface area contributed by atoms with Crippen LogP contribution in [0.15, 0.2) is 86.7 Å². The van der Waals surface area contributed by atoms with Gasteiger partial charge in [0.15, 0.2) is 0 Å². The summed E-state index contributed by atoms with van der Waals surface area (Å²) in [5.41, 5.74) is 8.74. The Balaban J connectivity index is 1.36. The van der Waals surface area contributed by atoms with Crippen LogP contribution in [0.5, 0.6) is 0 Å². The molecule has 0 atom stereocenters. The molecule has 0 fully saturated rings. The molecule has 3 N–H and O–H groups in total. The number of nitrogens with two attached hydrogens (primary N) is 1. The number of benzene rings is 1. The third-order valence-electron chi connectivity index (χ3n) is 4.76. The maximum Gasteiger partial charge on any atom is 0.271 e. The van der Waals surface area contributed by atoms with Gasteiger partial charge in [0.1, 0.15) is 16.7 Å². The smallest absolute Gasteiger partial charge is 0.271 e. The molecule has 8 nitrogen and oxygen atoms in total. The summed E-state index contributed by atoms with van der Waals surface area (Å²) in [6, 6.07) is 17.6. The zero-order valence-corrected chi connectivity index (χ0v) is 17.7. The Kier molecular flexibility index (Phi) is 4.72. The van der Waals surface area contributed by atoms with Crippen molar-refractivity contribution in [2.24, 2.45) is 10.7 Å². The topological polar surface area (TPSA) is 114 Å². The quantitative estimate of drug-likeness (QED) is 0.481. The first-order chi connectivity index (χ1) is 15.0. The number of hydrogen-bond donors (Lipinski definition) is 2. The molecule has 10 heteroatoms. The van der Waals surface area contributed by atoms with Crippen molar-refractivity contribution < 1.29 is 12.8 Å². The Morgan fingerprint density at radius 3 is 2.68 bits per heavy atom. The van der Waals surface area contributed by atoms with Crippen molar-refractivity contribution in [2.45, 2.75) is 4.21 Å². The molecular formula is C21H17N5O3S2. The maximum atomic E-state index is 12.8. The van der Waals surface area contributed by atoms with Gasteiger partial charge in [-0.1, -0.05) is 6.07 Å². The fourth-order valence-electron chi connectivity index (χ4n) is 3.22. The van der Waals surface area contributed by atoms with Crippen molar-refractivity contribution in [1.29, 1.82) is 0 Å². The number of sulfonamides is 1. The number of hydrogen-bond acceptors (Lipinski definition) is 8. The van der Waals surface area contributed by atoms with Crippen LogP contribution in [0.25, 0.3) is 16.4 Å². The van der Waals surface area contributed by atoms with Crippen LogP contribution in [0.4, 0.5) is 11.4 Å². The van der Waals surface area contributed by atoms with Gasteiger partial charge in [0, 0.05) is 17.6 Å². The van der Waals surface area contributed by atoms with Gasteiger partial charge >= 0.3 is 0 Å². The van der Waals surface area contributed by atoms with Gasteiger partial charge in [-0.3, -0.25) is 9.71 Å². The normalized spacial score (nSPS) is 13.5. The van der Waals surface area contributed by atoms with Crippen molar-refractivity contribution in [3.05, 3.63) is 83.9 Å². The summed E-state index contributed by atoms with van der Waals surface area (Å²) in [6.07, 6.45) is 3.22. The lowest BCUT2D eigenvalue weighted by Gasteiger charge is -2.24. The van der Waals surface area contributed by atoms with Crippen molar-refractivity contribution >= 4 is 38.6 Å². The predicted octanol–water partition coefficient (Wildman–Crippen LogP) is 2.33. The number of anilines is 2. The Labute approximate surface area is 182 Å². The van der Waals surface area contributed by atoms with E-state index in [0.29, 0.717) is 23.7 Å². The van der Waals surface area contributed by atoms with E-state index in [4.69, 9.17) is 10.2 Å². The van der Waals surface area contributed by atoms with E-state index in [1.165, 1.54) is 11.3 Å². The summed E-state index contributed by atoms with van der Waals surface area (Å²) >= 11 is 1.17. The average molecular weight is 452 g/mol. The monoisotopic (exact) mass is 451 g/mol. The molecule has 4 aromatic rings. The van der Waals surface area contributed by atoms with E-state index in [0.717, 1.165) is 21.5 Å². The van der Waals surface area contributed by atoms with Crippen LogP contribution in [0.2, 0.25) is 0 Å². The standard InChI is InChI=1S/C21H17N5O3S2/c22-20-16-10-12-29-21(16)24-13-26(20)15-6-4-14(5-7-15)25-31(27,28)19-9-8-18(30-19)17-3-1-2-11-23-17/h1-12,25H,13,22H2. The molecule has 0 saturated heterocycles. The molecular weight excluding hydrogens is 434 g/mol. The largest absolute Gasteiger partial charge is 0.446 e. The molecule has 31 heavy (non-hydrogen) atoms. The van der Waals surface area contributed by atoms with Gasteiger partial charge in [0.2, 0.25) is 5.55 Å². The Morgan fingerprint density at radius 1 is 1.06 bits per heavy atom. The fourth-order valence-corrected chi connectivity index (χ4v) is 5.56. The van der Waals surface area contributed by atoms with Gasteiger partial charge in [-0.15, -0.1) is 11.3 Å². The number of fused-ring (bicyclic) bond motifs is 1. The molecule has 0 bridgehead atoms. The van der Waals surface area contributed by atoms with E-state index < -0.39 is 10.0 Å². The minimum Gasteiger partial charge on any atom is -0.446 e. The van der Waals surface area contributed by atoms with Crippen LogP contribution in [-0.2, 0) is 10.0 Å². The number of furan rings is 1. The van der Waals surface area contributed by atoms with Crippen LogP contribution in [0.3, 0.4) is 0 Å². The summed E-state index contributed by atoms with van der Waals surface area (Å²) < 4.78 is 33.7. The van der Waals surface area contributed by atoms with Gasteiger partial charge in [0.25, 0.3) is 10.0 Å². The van der Waals surface area contributed by atoms with Crippen molar-refractivity contribution in [3.8, 4) is 10.6 Å². The van der Waals surface area contributed by atoms with Crippen molar-refractivity contribution in [3.63, 3.8) is 0 Å². The maximum absolute atomic E-state index is 12.8. The number of nitrogens with zero attached hydrogens (tertiary/aromatic N) is 3. The molecule has 0 spiro atoms. The van der Waals surface area contributed by atoms with Gasteiger partial charge in [-0.05, 0) is 54.6 Å². The van der Waals surface area contributed by atoms with Crippen LogP contribution >= 0.6 is 11.3 Å². The molecule has 1 aromatic carbocycles. The third-order valence-corrected chi connectivity index (χ3v) is 7.74. The lowest BCUT2D eigenvalue weighted by Crippen LogP contribution is -2.42. The first-order valence-electron chi connectivity index (χ1n) is 9.31. The molecule has 0 amide bonds. The minimum atomic E-state index is -3.72. The summed E-state index contributed by atoms with van der Waals surface area (Å²) in [4.78, 5) is 11.2. The average Bonchev–Trinajstić information content (AvgIpc) is 3.46. The van der Waals surface area contributed by atoms with Gasteiger partial charge < -0.3 is 15.1 Å². The third kappa shape index (κ3) is 3.66. The van der Waals surface area contributed by atoms with E-state index >= 15 is 0 Å². The number of nitrogens with one attached hydrogen (secondary N) is 1. The molecule has 0 radical (unpaired) electrons. The van der Waals surface area contributed by atoms with Crippen LogP contribution in [0.1, 0.15) is 0 Å². The second-order valence-electron chi connectivity index (χ2n) is 6.74. The highest BCUT2D eigenvalue weighted by Gasteiger charge is 2.19. The lowest BCUT2D eigenvalue weighted by atomic mass is 10.2. The van der Waals surface area contributed by atoms with E-state index in [1.54, 1.807) is 54.9 Å². The fraction of sp³-hybridized carbons (Fsp3) is 0.0476. The Hall–Kier alpha value is -3.63. The molecule has 1 aliphatic rings. The highest BCUT2D eigenvalue weighted by Crippen LogP contribution is 2.31. The highest BCUT2D eigenvalue weighted by atomic mass is 32.2. The Morgan fingerprint density at radius 2 is 1.90 bits per heavy atom. The summed E-state index contributed by atoms with van der Waals surface area (Å²) in [6.45, 7) is 0.322. The zero-order chi connectivity index (χ0) is 21.4. The number of rotatable bonds is 5. The summed E-state index contributed by atoms with van der Waals surface area (Å²) in [5, 5.41) is 0.734. The van der Waals surface area contributed by atoms with Gasteiger partial charge in [0.05, 0.1) is 22.1 Å². The van der Waals surface area contributed by atoms with E-state index in [2.05, 4.69) is 14.7 Å². The lowest BCUT2D eigenvalue weighted by molar-refractivity contribution is 0.500. The first-order valence-corrected chi connectivity index (χ1v) is 11.6. The molecule has 5 rings (SSSR count). The van der Waals surface area contributed by atoms with Crippen molar-refractivity contribution in [1.82, 2.24) is 4.98 Å². The van der Waals surface area contributed by atoms with Gasteiger partial charge in [-0.25, -0.2) is 13.4 Å². The minimum absolute atomic E-state index is 0.220. The second-order valence-corrected chi connectivity index (χ2v) is 9.73. The van der Waals surface area contributed by atoms with E-state index in [1.807, 2.05) is 23.1 Å². The molecule has 3 aromatic heterocycles. The highest BCUT2D eigenvalue weighted by molar-refractivity contribution is 7.94. The zero-order valence-electron chi connectivity index (χ0n) is 16.1. The molecule has 156 valence electrons. The first kappa shape index (κ1) is 19.3. The van der Waals surface area contributed by atoms with Crippen LogP contribution in [0, 0.1) is 0 Å². The van der Waals surface area contributed by atoms with E-state index in [9.17, 15) is 8.42 Å². The molecule has 0 aliphatic carbocycles. The molecule has 4 heterocycles. The predicted molar refractivity (Wildman–Crippen MR) is 119 cm³/mol. The van der Waals surface area contributed by atoms with Crippen LogP contribution in [-0.4, -0.2) is 20.1 Å². The summed E-state index contributed by atoms with van der Waals surface area (Å²) in [7, 11) is -3.72. The SMILES string of the molecule is NC1=c2ccoc2=NCN1c1ccc(NS(=O)(=O)c2ccc(-c3ccccn3)s2)cc1. The van der Waals surface area contributed by atoms with Gasteiger partial charge in [-0.2, -0.15) is 0 Å². The van der Waals surface area contributed by atoms with Crippen molar-refractivity contribution in [2.75, 3.05) is 16.3 Å². The number of thiophene rings is 1. The van der Waals surface area contributed by atoms with E-state index in [-0.39, 0.29) is 4.21 Å². The summed E-state index contributed by atoms with van der Waals surface area (Å²) in [5.74, 6) is 0.535. The van der Waals surface area contributed by atoms with Crippen LogP contribution < -0.4 is 26.1 Å². The number of pyridine rings is 1. The number of aromatic nitrogens is 1. The molecule has 0 saturated carbocycles. The second kappa shape index (κ2) is 7.56. The molecule has 0 unspecified atom stereocenters. The molecule has 1 aliphatic heterocycles. The Bertz CT molecular complexity index is 1460.